The second-order valence-electron chi connectivity index (χ2n) is 4.77. The lowest BCUT2D eigenvalue weighted by molar-refractivity contribution is -0.151. The molecule has 1 aliphatic rings. The highest BCUT2D eigenvalue weighted by atomic mass is 16.6. The molecule has 0 aromatic carbocycles. The van der Waals surface area contributed by atoms with Gasteiger partial charge in [0.05, 0.1) is 18.1 Å². The van der Waals surface area contributed by atoms with E-state index in [1.54, 1.807) is 16.8 Å². The van der Waals surface area contributed by atoms with Crippen molar-refractivity contribution in [3.8, 4) is 0 Å². The maximum atomic E-state index is 11.1. The Morgan fingerprint density at radius 2 is 2.40 bits per heavy atom. The minimum Gasteiger partial charge on any atom is -0.393 e. The van der Waals surface area contributed by atoms with Gasteiger partial charge in [-0.3, -0.25) is 4.79 Å². The molecular weight excluding hydrogens is 264 g/mol. The number of aliphatic hydroxyl groups is 2. The number of fused-ring (bicyclic) bond motifs is 1. The SMILES string of the molecule is Nc1ncnc2c1ccn2[C@H]1C[C@H](O)[C@@](C=O)(CO)O1. The Kier molecular flexibility index (Phi) is 2.93. The van der Waals surface area contributed by atoms with E-state index >= 15 is 0 Å². The van der Waals surface area contributed by atoms with Crippen molar-refractivity contribution >= 4 is 23.1 Å². The Morgan fingerprint density at radius 1 is 1.60 bits per heavy atom. The molecule has 20 heavy (non-hydrogen) atoms. The van der Waals surface area contributed by atoms with E-state index in [1.165, 1.54) is 6.33 Å². The van der Waals surface area contributed by atoms with E-state index in [4.69, 9.17) is 10.5 Å². The summed E-state index contributed by atoms with van der Waals surface area (Å²) in [4.78, 5) is 19.1. The van der Waals surface area contributed by atoms with Crippen molar-refractivity contribution in [2.24, 2.45) is 0 Å². The summed E-state index contributed by atoms with van der Waals surface area (Å²) in [5, 5.41) is 19.9. The van der Waals surface area contributed by atoms with Crippen LogP contribution in [0.4, 0.5) is 5.82 Å². The van der Waals surface area contributed by atoms with Gasteiger partial charge in [-0.2, -0.15) is 0 Å². The van der Waals surface area contributed by atoms with E-state index in [0.29, 0.717) is 23.1 Å². The van der Waals surface area contributed by atoms with Crippen LogP contribution in [0.2, 0.25) is 0 Å². The standard InChI is InChI=1S/C12H14N4O4/c13-10-7-1-2-16(11(7)15-6-14-10)9-3-8(19)12(4-17,5-18)20-9/h1-2,4,6,8-9,18-19H,3,5H2,(H2,13,14,15)/t8-,9+,12+/m0/s1. The number of carbonyl (C=O) groups is 1. The molecule has 0 bridgehead atoms. The van der Waals surface area contributed by atoms with Crippen LogP contribution in [-0.2, 0) is 9.53 Å². The molecule has 8 nitrogen and oxygen atoms in total. The lowest BCUT2D eigenvalue weighted by Gasteiger charge is -2.23. The Morgan fingerprint density at radius 3 is 3.05 bits per heavy atom. The fraction of sp³-hybridized carbons (Fsp3) is 0.417. The first-order valence-corrected chi connectivity index (χ1v) is 6.11. The molecule has 1 saturated heterocycles. The predicted molar refractivity (Wildman–Crippen MR) is 68.6 cm³/mol. The molecule has 2 aromatic heterocycles. The van der Waals surface area contributed by atoms with Gasteiger partial charge in [0.1, 0.15) is 24.0 Å². The van der Waals surface area contributed by atoms with E-state index in [0.717, 1.165) is 0 Å². The lowest BCUT2D eigenvalue weighted by Crippen LogP contribution is -2.44. The van der Waals surface area contributed by atoms with Gasteiger partial charge >= 0.3 is 0 Å². The Hall–Kier alpha value is -2.03. The summed E-state index contributed by atoms with van der Waals surface area (Å²) >= 11 is 0. The molecular formula is C12H14N4O4. The summed E-state index contributed by atoms with van der Waals surface area (Å²) in [6.45, 7) is -0.579. The summed E-state index contributed by atoms with van der Waals surface area (Å²) in [6, 6.07) is 1.74. The van der Waals surface area contributed by atoms with Crippen LogP contribution in [0.1, 0.15) is 12.6 Å². The third-order valence-electron chi connectivity index (χ3n) is 3.64. The van der Waals surface area contributed by atoms with E-state index in [2.05, 4.69) is 9.97 Å². The lowest BCUT2D eigenvalue weighted by atomic mass is 10.00. The van der Waals surface area contributed by atoms with Crippen LogP contribution in [0.15, 0.2) is 18.6 Å². The summed E-state index contributed by atoms with van der Waals surface area (Å²) in [5.74, 6) is 0.344. The van der Waals surface area contributed by atoms with Gasteiger partial charge < -0.3 is 25.3 Å². The average Bonchev–Trinajstić information content (AvgIpc) is 3.01. The highest BCUT2D eigenvalue weighted by molar-refractivity contribution is 5.86. The van der Waals surface area contributed by atoms with Crippen molar-refractivity contribution in [1.29, 1.82) is 0 Å². The van der Waals surface area contributed by atoms with Crippen molar-refractivity contribution < 1.29 is 19.7 Å². The minimum absolute atomic E-state index is 0.174. The molecule has 0 spiro atoms. The fourth-order valence-electron chi connectivity index (χ4n) is 2.45. The van der Waals surface area contributed by atoms with Crippen molar-refractivity contribution in [3.63, 3.8) is 0 Å². The molecule has 1 fully saturated rings. The zero-order valence-electron chi connectivity index (χ0n) is 10.5. The number of nitrogens with zero attached hydrogens (tertiary/aromatic N) is 3. The van der Waals surface area contributed by atoms with E-state index in [1.807, 2.05) is 0 Å². The monoisotopic (exact) mass is 278 g/mol. The molecule has 2 aromatic rings. The fourth-order valence-corrected chi connectivity index (χ4v) is 2.45. The topological polar surface area (TPSA) is 123 Å². The number of aromatic nitrogens is 3. The first-order valence-electron chi connectivity index (χ1n) is 6.11. The van der Waals surface area contributed by atoms with Crippen molar-refractivity contribution in [1.82, 2.24) is 14.5 Å². The second-order valence-corrected chi connectivity index (χ2v) is 4.77. The van der Waals surface area contributed by atoms with Crippen molar-refractivity contribution in [2.45, 2.75) is 24.4 Å². The second kappa shape index (κ2) is 4.51. The molecule has 3 atom stereocenters. The van der Waals surface area contributed by atoms with Gasteiger partial charge in [-0.1, -0.05) is 0 Å². The van der Waals surface area contributed by atoms with Gasteiger partial charge in [-0.05, 0) is 6.07 Å². The highest BCUT2D eigenvalue weighted by Gasteiger charge is 2.48. The first-order chi connectivity index (χ1) is 9.61. The molecule has 0 amide bonds. The number of carbonyl (C=O) groups excluding carboxylic acids is 1. The van der Waals surface area contributed by atoms with E-state index in [9.17, 15) is 15.0 Å². The van der Waals surface area contributed by atoms with Crippen LogP contribution in [-0.4, -0.2) is 49.3 Å². The van der Waals surface area contributed by atoms with Gasteiger partial charge in [0.15, 0.2) is 11.9 Å². The molecule has 1 aliphatic heterocycles. The molecule has 106 valence electrons. The predicted octanol–water partition coefficient (Wildman–Crippen LogP) is -0.777. The molecule has 4 N–H and O–H groups in total. The molecule has 0 aliphatic carbocycles. The van der Waals surface area contributed by atoms with Gasteiger partial charge in [-0.25, -0.2) is 9.97 Å². The number of rotatable bonds is 3. The smallest absolute Gasteiger partial charge is 0.174 e. The maximum Gasteiger partial charge on any atom is 0.174 e. The highest BCUT2D eigenvalue weighted by Crippen LogP contribution is 2.37. The number of nitrogen functional groups attached to an aromatic ring is 1. The number of ether oxygens (including phenoxy) is 1. The largest absolute Gasteiger partial charge is 0.393 e. The van der Waals surface area contributed by atoms with Crippen LogP contribution >= 0.6 is 0 Å². The van der Waals surface area contributed by atoms with Crippen LogP contribution in [0, 0.1) is 0 Å². The number of anilines is 1. The molecule has 3 heterocycles. The zero-order valence-corrected chi connectivity index (χ0v) is 10.5. The zero-order chi connectivity index (χ0) is 14.3. The number of aliphatic hydroxyl groups excluding tert-OH is 2. The van der Waals surface area contributed by atoms with Gasteiger partial charge in [0, 0.05) is 12.6 Å². The molecule has 0 saturated carbocycles. The number of aldehydes is 1. The van der Waals surface area contributed by atoms with Crippen LogP contribution in [0.5, 0.6) is 0 Å². The normalized spacial score (nSPS) is 29.9. The molecule has 8 heteroatoms. The summed E-state index contributed by atoms with van der Waals surface area (Å²) in [7, 11) is 0. The Bertz CT molecular complexity index is 658. The molecule has 0 unspecified atom stereocenters. The third-order valence-corrected chi connectivity index (χ3v) is 3.64. The average molecular weight is 278 g/mol. The van der Waals surface area contributed by atoms with E-state index in [-0.39, 0.29) is 6.42 Å². The maximum absolute atomic E-state index is 11.1. The first kappa shape index (κ1) is 13.0. The minimum atomic E-state index is -1.58. The number of hydrogen-bond donors (Lipinski definition) is 3. The van der Waals surface area contributed by atoms with Crippen LogP contribution in [0.3, 0.4) is 0 Å². The quantitative estimate of drug-likeness (QED) is 0.629. The van der Waals surface area contributed by atoms with Gasteiger partial charge in [-0.15, -0.1) is 0 Å². The Labute approximate surface area is 113 Å². The van der Waals surface area contributed by atoms with Gasteiger partial charge in [0.25, 0.3) is 0 Å². The Balaban J connectivity index is 2.01. The van der Waals surface area contributed by atoms with Crippen LogP contribution in [0.25, 0.3) is 11.0 Å². The summed E-state index contributed by atoms with van der Waals surface area (Å²) in [5.41, 5.74) is 4.72. The van der Waals surface area contributed by atoms with Gasteiger partial charge in [0.2, 0.25) is 0 Å². The third kappa shape index (κ3) is 1.69. The number of nitrogens with two attached hydrogens (primary N) is 1. The summed E-state index contributed by atoms with van der Waals surface area (Å²) < 4.78 is 7.21. The van der Waals surface area contributed by atoms with Crippen molar-refractivity contribution in [3.05, 3.63) is 18.6 Å². The molecule has 3 rings (SSSR count). The molecule has 0 radical (unpaired) electrons. The van der Waals surface area contributed by atoms with E-state index < -0.39 is 24.5 Å². The van der Waals surface area contributed by atoms with Crippen LogP contribution < -0.4 is 5.73 Å². The summed E-state index contributed by atoms with van der Waals surface area (Å²) in [6.07, 6.45) is 1.96. The number of hydrogen-bond acceptors (Lipinski definition) is 7. The van der Waals surface area contributed by atoms with Crippen molar-refractivity contribution in [2.75, 3.05) is 12.3 Å².